The van der Waals surface area contributed by atoms with Crippen molar-refractivity contribution in [2.75, 3.05) is 26.8 Å². The van der Waals surface area contributed by atoms with E-state index < -0.39 is 30.2 Å². The van der Waals surface area contributed by atoms with Crippen LogP contribution >= 0.6 is 12.4 Å². The van der Waals surface area contributed by atoms with E-state index in [4.69, 9.17) is 19.6 Å². The zero-order valence-electron chi connectivity index (χ0n) is 21.4. The van der Waals surface area contributed by atoms with Crippen LogP contribution in [0.2, 0.25) is 0 Å². The largest absolute Gasteiger partial charge is 0.489 e. The first-order valence-electron chi connectivity index (χ1n) is 12.2. The third-order valence-electron chi connectivity index (χ3n) is 6.48. The van der Waals surface area contributed by atoms with Gasteiger partial charge in [0.25, 0.3) is 5.91 Å². The van der Waals surface area contributed by atoms with Crippen LogP contribution in [-0.4, -0.2) is 60.8 Å². The van der Waals surface area contributed by atoms with Crippen molar-refractivity contribution in [1.29, 1.82) is 5.26 Å². The lowest BCUT2D eigenvalue weighted by Gasteiger charge is -2.36. The Hall–Kier alpha value is -3.63. The van der Waals surface area contributed by atoms with Crippen molar-refractivity contribution in [3.63, 3.8) is 0 Å². The minimum atomic E-state index is -3.03. The number of piperidine rings is 1. The van der Waals surface area contributed by atoms with E-state index in [-0.39, 0.29) is 67.2 Å². The second kappa shape index (κ2) is 12.5. The van der Waals surface area contributed by atoms with Gasteiger partial charge in [0.05, 0.1) is 25.8 Å². The van der Waals surface area contributed by atoms with Gasteiger partial charge in [-0.25, -0.2) is 9.78 Å². The summed E-state index contributed by atoms with van der Waals surface area (Å²) in [6.45, 7) is -0.614. The van der Waals surface area contributed by atoms with Gasteiger partial charge in [0.15, 0.2) is 23.0 Å². The third kappa shape index (κ3) is 7.07. The zero-order chi connectivity index (χ0) is 27.4. The first kappa shape index (κ1) is 29.9. The second-order valence-electron chi connectivity index (χ2n) is 9.42. The van der Waals surface area contributed by atoms with Gasteiger partial charge in [-0.2, -0.15) is 14.0 Å². The van der Waals surface area contributed by atoms with Crippen molar-refractivity contribution in [3.05, 3.63) is 29.7 Å². The van der Waals surface area contributed by atoms with E-state index in [1.807, 2.05) is 0 Å². The molecule has 0 radical (unpaired) electrons. The van der Waals surface area contributed by atoms with Gasteiger partial charge in [0.2, 0.25) is 5.89 Å². The number of hydrogen-bond donors (Lipinski definition) is 2. The predicted molar refractivity (Wildman–Crippen MR) is 136 cm³/mol. The SMILES string of the molecule is COC(=O)N1CCC(C#N)(NC(=O)c2nc(-c3ccc(OC(F)F)c(OCC4CC4)c3)oc2C(C)N)CC1.Cl. The molecular weight excluding hydrogens is 540 g/mol. The molecule has 1 saturated carbocycles. The molecule has 2 aliphatic rings. The van der Waals surface area contributed by atoms with E-state index in [0.29, 0.717) is 18.1 Å². The molecule has 1 aliphatic heterocycles. The lowest BCUT2D eigenvalue weighted by molar-refractivity contribution is -0.0515. The highest BCUT2D eigenvalue weighted by molar-refractivity contribution is 5.94. The molecule has 1 unspecified atom stereocenters. The normalized spacial score (nSPS) is 17.0. The number of oxazole rings is 1. The fraction of sp³-hybridized carbons (Fsp3) is 0.520. The second-order valence-corrected chi connectivity index (χ2v) is 9.42. The molecule has 3 N–H and O–H groups in total. The number of halogens is 3. The van der Waals surface area contributed by atoms with E-state index in [0.717, 1.165) is 12.8 Å². The maximum absolute atomic E-state index is 13.3. The number of carbonyl (C=O) groups is 2. The van der Waals surface area contributed by atoms with Gasteiger partial charge in [-0.1, -0.05) is 0 Å². The first-order valence-corrected chi connectivity index (χ1v) is 12.2. The maximum atomic E-state index is 13.3. The number of amides is 2. The number of nitrogens with one attached hydrogen (secondary N) is 1. The number of likely N-dealkylation sites (tertiary alicyclic amines) is 1. The molecule has 39 heavy (non-hydrogen) atoms. The molecule has 0 bridgehead atoms. The molecule has 1 aliphatic carbocycles. The average molecular weight is 570 g/mol. The Balaban J connectivity index is 0.00000420. The number of rotatable bonds is 9. The van der Waals surface area contributed by atoms with Crippen LogP contribution in [0, 0.1) is 17.2 Å². The summed E-state index contributed by atoms with van der Waals surface area (Å²) >= 11 is 0. The molecule has 2 fully saturated rings. The van der Waals surface area contributed by atoms with Crippen LogP contribution in [-0.2, 0) is 4.74 Å². The van der Waals surface area contributed by atoms with Crippen LogP contribution in [0.1, 0.15) is 54.9 Å². The van der Waals surface area contributed by atoms with Crippen molar-refractivity contribution in [1.82, 2.24) is 15.2 Å². The fourth-order valence-corrected chi connectivity index (χ4v) is 4.11. The Labute approximate surface area is 230 Å². The highest BCUT2D eigenvalue weighted by Crippen LogP contribution is 2.37. The average Bonchev–Trinajstić information content (AvgIpc) is 3.62. The Kier molecular flexibility index (Phi) is 9.58. The number of alkyl halides is 2. The molecule has 0 spiro atoms. The van der Waals surface area contributed by atoms with Crippen molar-refractivity contribution in [2.24, 2.45) is 11.7 Å². The van der Waals surface area contributed by atoms with Gasteiger partial charge >= 0.3 is 12.7 Å². The number of ether oxygens (including phenoxy) is 3. The smallest absolute Gasteiger partial charge is 0.409 e. The van der Waals surface area contributed by atoms with Gasteiger partial charge in [0.1, 0.15) is 5.54 Å². The van der Waals surface area contributed by atoms with Gasteiger partial charge in [-0.3, -0.25) is 4.79 Å². The quantitative estimate of drug-likeness (QED) is 0.455. The Bertz CT molecular complexity index is 1220. The molecule has 2 amide bonds. The molecular formula is C25H30ClF2N5O6. The van der Waals surface area contributed by atoms with Crippen LogP contribution in [0.15, 0.2) is 22.6 Å². The number of nitrogens with zero attached hydrogens (tertiary/aromatic N) is 3. The number of nitriles is 1. The van der Waals surface area contributed by atoms with E-state index in [2.05, 4.69) is 21.1 Å². The highest BCUT2D eigenvalue weighted by Gasteiger charge is 2.39. The summed E-state index contributed by atoms with van der Waals surface area (Å²) in [4.78, 5) is 30.8. The number of benzene rings is 1. The summed E-state index contributed by atoms with van der Waals surface area (Å²) in [7, 11) is 1.27. The minimum absolute atomic E-state index is 0. The molecule has 1 atom stereocenters. The standard InChI is InChI=1S/C25H29F2N5O6.ClH/c1-14(29)20-19(21(33)31-25(13-28)7-9-32(10-8-25)24(34)35-2)30-22(38-20)16-5-6-17(37-23(26)27)18(11-16)36-12-15-3-4-15;/h5-6,11,14-15,23H,3-4,7-10,12,29H2,1-2H3,(H,31,33);1H. The molecule has 1 aromatic carbocycles. The summed E-state index contributed by atoms with van der Waals surface area (Å²) < 4.78 is 46.6. The van der Waals surface area contributed by atoms with Gasteiger partial charge in [0, 0.05) is 31.5 Å². The van der Waals surface area contributed by atoms with Crippen LogP contribution in [0.4, 0.5) is 13.6 Å². The fourth-order valence-electron chi connectivity index (χ4n) is 4.11. The number of methoxy groups -OCH3 is 1. The summed E-state index contributed by atoms with van der Waals surface area (Å²) in [6.07, 6.45) is 1.89. The topological polar surface area (TPSA) is 153 Å². The molecule has 1 saturated heterocycles. The predicted octanol–water partition coefficient (Wildman–Crippen LogP) is 4.03. The molecule has 14 heteroatoms. The lowest BCUT2D eigenvalue weighted by Crippen LogP contribution is -2.55. The van der Waals surface area contributed by atoms with Crippen LogP contribution in [0.5, 0.6) is 11.5 Å². The molecule has 2 heterocycles. The van der Waals surface area contributed by atoms with E-state index in [9.17, 15) is 23.6 Å². The van der Waals surface area contributed by atoms with Gasteiger partial charge < -0.3 is 34.6 Å². The highest BCUT2D eigenvalue weighted by atomic mass is 35.5. The van der Waals surface area contributed by atoms with Crippen molar-refractivity contribution >= 4 is 24.4 Å². The lowest BCUT2D eigenvalue weighted by atomic mass is 9.89. The van der Waals surface area contributed by atoms with Gasteiger partial charge in [-0.15, -0.1) is 12.4 Å². The third-order valence-corrected chi connectivity index (χ3v) is 6.48. The van der Waals surface area contributed by atoms with Crippen molar-refractivity contribution in [2.45, 2.75) is 50.8 Å². The maximum Gasteiger partial charge on any atom is 0.409 e. The van der Waals surface area contributed by atoms with E-state index in [1.54, 1.807) is 6.92 Å². The van der Waals surface area contributed by atoms with Gasteiger partial charge in [-0.05, 0) is 43.9 Å². The van der Waals surface area contributed by atoms with Crippen LogP contribution < -0.4 is 20.5 Å². The molecule has 4 rings (SSSR count). The number of aromatic nitrogens is 1. The Morgan fingerprint density at radius 1 is 1.31 bits per heavy atom. The van der Waals surface area contributed by atoms with Crippen molar-refractivity contribution < 1.29 is 37.0 Å². The van der Waals surface area contributed by atoms with Crippen LogP contribution in [0.3, 0.4) is 0 Å². The summed E-state index contributed by atoms with van der Waals surface area (Å²) in [6, 6.07) is 5.66. The van der Waals surface area contributed by atoms with Crippen molar-refractivity contribution in [3.8, 4) is 29.0 Å². The summed E-state index contributed by atoms with van der Waals surface area (Å²) in [5.74, 6) is -0.215. The zero-order valence-corrected chi connectivity index (χ0v) is 22.3. The summed E-state index contributed by atoms with van der Waals surface area (Å²) in [5.41, 5.74) is 5.07. The molecule has 1 aromatic heterocycles. The molecule has 11 nitrogen and oxygen atoms in total. The monoisotopic (exact) mass is 569 g/mol. The summed E-state index contributed by atoms with van der Waals surface area (Å²) in [5, 5.41) is 12.6. The van der Waals surface area contributed by atoms with E-state index >= 15 is 0 Å². The number of nitrogens with two attached hydrogens (primary N) is 1. The molecule has 212 valence electrons. The van der Waals surface area contributed by atoms with Crippen LogP contribution in [0.25, 0.3) is 11.5 Å². The minimum Gasteiger partial charge on any atom is -0.489 e. The van der Waals surface area contributed by atoms with E-state index in [1.165, 1.54) is 30.2 Å². The Morgan fingerprint density at radius 2 is 2.00 bits per heavy atom. The number of carbonyl (C=O) groups excluding carboxylic acids is 2. The molecule has 2 aromatic rings. The Morgan fingerprint density at radius 3 is 2.56 bits per heavy atom. The number of hydrogen-bond acceptors (Lipinski definition) is 9. The first-order chi connectivity index (χ1) is 18.1.